The van der Waals surface area contributed by atoms with Gasteiger partial charge in [0.15, 0.2) is 0 Å². The maximum Gasteiger partial charge on any atom is 0.254 e. The molecule has 3 N–H and O–H groups in total. The lowest BCUT2D eigenvalue weighted by molar-refractivity contribution is -0.122. The highest BCUT2D eigenvalue weighted by molar-refractivity contribution is 5.94. The van der Waals surface area contributed by atoms with Gasteiger partial charge in [-0.3, -0.25) is 9.59 Å². The van der Waals surface area contributed by atoms with Crippen LogP contribution in [0.15, 0.2) is 24.3 Å². The molecule has 6 nitrogen and oxygen atoms in total. The number of benzene rings is 1. The molecule has 1 saturated heterocycles. The van der Waals surface area contributed by atoms with Crippen LogP contribution in [0.4, 0.5) is 0 Å². The van der Waals surface area contributed by atoms with E-state index in [1.54, 1.807) is 19.1 Å². The molecule has 1 heterocycles. The van der Waals surface area contributed by atoms with Gasteiger partial charge in [0.25, 0.3) is 5.91 Å². The Morgan fingerprint density at radius 1 is 1.25 bits per heavy atom. The van der Waals surface area contributed by atoms with Crippen molar-refractivity contribution in [1.29, 1.82) is 0 Å². The summed E-state index contributed by atoms with van der Waals surface area (Å²) in [5.41, 5.74) is 7.07. The standard InChI is InChI=1S/C17H25N3O3.ClH/c1-11-9-20(10-12(2)23-11)17(22)15-6-4-14(5-7-15)8-19-16(21)13(3)18;/h4-7,11-13H,8-10,18H2,1-3H3,(H,19,21);1H/t11?,12?,13-;/m1./s1. The zero-order valence-electron chi connectivity index (χ0n) is 14.3. The third-order valence-electron chi connectivity index (χ3n) is 3.79. The number of hydrogen-bond acceptors (Lipinski definition) is 4. The molecule has 7 heteroatoms. The average molecular weight is 356 g/mol. The van der Waals surface area contributed by atoms with Crippen molar-refractivity contribution in [3.8, 4) is 0 Å². The van der Waals surface area contributed by atoms with Crippen molar-refractivity contribution in [2.24, 2.45) is 5.73 Å². The van der Waals surface area contributed by atoms with E-state index in [1.807, 2.05) is 30.9 Å². The molecule has 0 radical (unpaired) electrons. The van der Waals surface area contributed by atoms with Crippen molar-refractivity contribution in [2.75, 3.05) is 13.1 Å². The third-order valence-corrected chi connectivity index (χ3v) is 3.79. The predicted octanol–water partition coefficient (Wildman–Crippen LogP) is 1.32. The highest BCUT2D eigenvalue weighted by Crippen LogP contribution is 2.15. The smallest absolute Gasteiger partial charge is 0.254 e. The van der Waals surface area contributed by atoms with Gasteiger partial charge < -0.3 is 20.7 Å². The first kappa shape index (κ1) is 20.4. The van der Waals surface area contributed by atoms with Crippen LogP contribution in [0, 0.1) is 0 Å². The molecule has 134 valence electrons. The number of amides is 2. The summed E-state index contributed by atoms with van der Waals surface area (Å²) in [5.74, 6) is -0.181. The summed E-state index contributed by atoms with van der Waals surface area (Å²) in [4.78, 5) is 25.8. The number of halogens is 1. The topological polar surface area (TPSA) is 84.7 Å². The fourth-order valence-electron chi connectivity index (χ4n) is 2.64. The van der Waals surface area contributed by atoms with E-state index in [1.165, 1.54) is 0 Å². The van der Waals surface area contributed by atoms with Crippen LogP contribution in [-0.2, 0) is 16.1 Å². The summed E-state index contributed by atoms with van der Waals surface area (Å²) in [6.07, 6.45) is 0.103. The fourth-order valence-corrected chi connectivity index (χ4v) is 2.64. The Kier molecular flexibility index (Phi) is 7.66. The molecule has 2 amide bonds. The van der Waals surface area contributed by atoms with Gasteiger partial charge in [-0.2, -0.15) is 0 Å². The summed E-state index contributed by atoms with van der Waals surface area (Å²) >= 11 is 0. The number of nitrogens with one attached hydrogen (secondary N) is 1. The Labute approximate surface area is 149 Å². The minimum absolute atomic E-state index is 0. The molecule has 1 aromatic carbocycles. The molecule has 0 aliphatic carbocycles. The lowest BCUT2D eigenvalue weighted by atomic mass is 10.1. The normalized spacial score (nSPS) is 21.6. The number of carbonyl (C=O) groups is 2. The summed E-state index contributed by atoms with van der Waals surface area (Å²) in [5, 5.41) is 2.75. The summed E-state index contributed by atoms with van der Waals surface area (Å²) < 4.78 is 5.65. The van der Waals surface area contributed by atoms with E-state index >= 15 is 0 Å². The number of nitrogens with zero attached hydrogens (tertiary/aromatic N) is 1. The molecule has 3 atom stereocenters. The molecular weight excluding hydrogens is 330 g/mol. The lowest BCUT2D eigenvalue weighted by Crippen LogP contribution is -2.48. The Morgan fingerprint density at radius 3 is 2.29 bits per heavy atom. The largest absolute Gasteiger partial charge is 0.372 e. The Bertz CT molecular complexity index is 553. The van der Waals surface area contributed by atoms with Gasteiger partial charge in [0.05, 0.1) is 18.2 Å². The highest BCUT2D eigenvalue weighted by Gasteiger charge is 2.26. The molecule has 1 fully saturated rings. The predicted molar refractivity (Wildman–Crippen MR) is 95.1 cm³/mol. The van der Waals surface area contributed by atoms with E-state index in [9.17, 15) is 9.59 Å². The van der Waals surface area contributed by atoms with E-state index in [0.717, 1.165) is 5.56 Å². The molecular formula is C17H26ClN3O3. The van der Waals surface area contributed by atoms with Gasteiger partial charge in [-0.15, -0.1) is 12.4 Å². The molecule has 0 saturated carbocycles. The van der Waals surface area contributed by atoms with Crippen molar-refractivity contribution in [1.82, 2.24) is 10.2 Å². The highest BCUT2D eigenvalue weighted by atomic mass is 35.5. The van der Waals surface area contributed by atoms with Gasteiger partial charge in [-0.05, 0) is 38.5 Å². The first-order valence-electron chi connectivity index (χ1n) is 7.93. The Morgan fingerprint density at radius 2 is 1.79 bits per heavy atom. The Hall–Kier alpha value is -1.63. The first-order valence-corrected chi connectivity index (χ1v) is 7.93. The average Bonchev–Trinajstić information content (AvgIpc) is 2.51. The zero-order chi connectivity index (χ0) is 17.0. The zero-order valence-corrected chi connectivity index (χ0v) is 15.1. The van der Waals surface area contributed by atoms with Crippen LogP contribution in [0.1, 0.15) is 36.7 Å². The second kappa shape index (κ2) is 9.01. The van der Waals surface area contributed by atoms with Gasteiger partial charge in [-0.25, -0.2) is 0 Å². The molecule has 0 aromatic heterocycles. The van der Waals surface area contributed by atoms with Crippen molar-refractivity contribution in [3.63, 3.8) is 0 Å². The van der Waals surface area contributed by atoms with Crippen LogP contribution in [0.3, 0.4) is 0 Å². The number of carbonyl (C=O) groups excluding carboxylic acids is 2. The van der Waals surface area contributed by atoms with Gasteiger partial charge in [0.2, 0.25) is 5.91 Å². The van der Waals surface area contributed by atoms with Gasteiger partial charge in [0.1, 0.15) is 0 Å². The van der Waals surface area contributed by atoms with E-state index in [2.05, 4.69) is 5.32 Å². The van der Waals surface area contributed by atoms with Crippen LogP contribution >= 0.6 is 12.4 Å². The van der Waals surface area contributed by atoms with Crippen LogP contribution in [0.5, 0.6) is 0 Å². The molecule has 0 bridgehead atoms. The number of rotatable bonds is 4. The Balaban J connectivity index is 0.00000288. The lowest BCUT2D eigenvalue weighted by Gasteiger charge is -2.35. The van der Waals surface area contributed by atoms with Crippen molar-refractivity contribution < 1.29 is 14.3 Å². The maximum absolute atomic E-state index is 12.5. The fraction of sp³-hybridized carbons (Fsp3) is 0.529. The van der Waals surface area contributed by atoms with Gasteiger partial charge in [-0.1, -0.05) is 12.1 Å². The minimum atomic E-state index is -0.527. The molecule has 2 rings (SSSR count). The number of hydrogen-bond donors (Lipinski definition) is 2. The quantitative estimate of drug-likeness (QED) is 0.853. The summed E-state index contributed by atoms with van der Waals surface area (Å²) in [6, 6.07) is 6.76. The van der Waals surface area contributed by atoms with E-state index in [0.29, 0.717) is 25.2 Å². The molecule has 1 aromatic rings. The number of morpholine rings is 1. The monoisotopic (exact) mass is 355 g/mol. The van der Waals surface area contributed by atoms with Crippen molar-refractivity contribution in [3.05, 3.63) is 35.4 Å². The number of nitrogens with two attached hydrogens (primary N) is 1. The van der Waals surface area contributed by atoms with Gasteiger partial charge in [0, 0.05) is 25.2 Å². The maximum atomic E-state index is 12.5. The molecule has 1 aliphatic heterocycles. The summed E-state index contributed by atoms with van der Waals surface area (Å²) in [7, 11) is 0. The van der Waals surface area contributed by atoms with Crippen LogP contribution < -0.4 is 11.1 Å². The van der Waals surface area contributed by atoms with E-state index < -0.39 is 6.04 Å². The van der Waals surface area contributed by atoms with E-state index in [-0.39, 0.29) is 36.4 Å². The minimum Gasteiger partial charge on any atom is -0.372 e. The molecule has 2 unspecified atom stereocenters. The third kappa shape index (κ3) is 5.47. The van der Waals surface area contributed by atoms with Crippen molar-refractivity contribution >= 4 is 24.2 Å². The number of ether oxygens (including phenoxy) is 1. The second-order valence-corrected chi connectivity index (χ2v) is 6.17. The van der Waals surface area contributed by atoms with Gasteiger partial charge >= 0.3 is 0 Å². The van der Waals surface area contributed by atoms with Crippen LogP contribution in [0.25, 0.3) is 0 Å². The first-order chi connectivity index (χ1) is 10.9. The SMILES string of the molecule is CC1CN(C(=O)c2ccc(CNC(=O)[C@@H](C)N)cc2)CC(C)O1.Cl. The molecule has 0 spiro atoms. The molecule has 1 aliphatic rings. The molecule has 24 heavy (non-hydrogen) atoms. The van der Waals surface area contributed by atoms with Crippen molar-refractivity contribution in [2.45, 2.75) is 45.6 Å². The summed E-state index contributed by atoms with van der Waals surface area (Å²) in [6.45, 7) is 7.20. The van der Waals surface area contributed by atoms with E-state index in [4.69, 9.17) is 10.5 Å². The second-order valence-electron chi connectivity index (χ2n) is 6.17. The van der Waals surface area contributed by atoms with Crippen LogP contribution in [0.2, 0.25) is 0 Å². The van der Waals surface area contributed by atoms with Crippen LogP contribution in [-0.4, -0.2) is 48.1 Å².